The second-order valence-electron chi connectivity index (χ2n) is 4.20. The highest BCUT2D eigenvalue weighted by atomic mass is 79.9. The van der Waals surface area contributed by atoms with Crippen molar-refractivity contribution in [3.63, 3.8) is 0 Å². The Hall–Kier alpha value is -0.380. The van der Waals surface area contributed by atoms with Crippen LogP contribution in [0.15, 0.2) is 22.7 Å². The van der Waals surface area contributed by atoms with Gasteiger partial charge in [0.1, 0.15) is 0 Å². The molecule has 0 amide bonds. The lowest BCUT2D eigenvalue weighted by molar-refractivity contribution is -0.169. The van der Waals surface area contributed by atoms with E-state index in [1.54, 1.807) is 0 Å². The Morgan fingerprint density at radius 2 is 2.31 bits per heavy atom. The highest BCUT2D eigenvalue weighted by molar-refractivity contribution is 9.10. The molecule has 2 nitrogen and oxygen atoms in total. The molecule has 3 heteroatoms. The van der Waals surface area contributed by atoms with Crippen molar-refractivity contribution in [3.05, 3.63) is 33.8 Å². The van der Waals surface area contributed by atoms with Gasteiger partial charge in [-0.25, -0.2) is 0 Å². The molecule has 0 spiro atoms. The molecular formula is C13H17BrO2. The van der Waals surface area contributed by atoms with Crippen molar-refractivity contribution in [2.24, 2.45) is 0 Å². The first kappa shape index (κ1) is 12.1. The maximum absolute atomic E-state index is 5.74. The molecule has 1 aromatic carbocycles. The maximum atomic E-state index is 5.74. The largest absolute Gasteiger partial charge is 0.353 e. The topological polar surface area (TPSA) is 18.5 Å². The predicted octanol–water partition coefficient (Wildman–Crippen LogP) is 3.80. The molecule has 0 N–H and O–H groups in total. The third-order valence-electron chi connectivity index (χ3n) is 2.77. The van der Waals surface area contributed by atoms with Crippen molar-refractivity contribution in [1.82, 2.24) is 0 Å². The van der Waals surface area contributed by atoms with Crippen LogP contribution in [0.1, 0.15) is 30.4 Å². The second kappa shape index (κ2) is 5.80. The summed E-state index contributed by atoms with van der Waals surface area (Å²) in [7, 11) is 0. The highest BCUT2D eigenvalue weighted by Gasteiger charge is 2.14. The van der Waals surface area contributed by atoms with Crippen LogP contribution in [0.5, 0.6) is 0 Å². The van der Waals surface area contributed by atoms with Crippen molar-refractivity contribution in [1.29, 1.82) is 0 Å². The van der Waals surface area contributed by atoms with Crippen LogP contribution in [0.3, 0.4) is 0 Å². The van der Waals surface area contributed by atoms with E-state index in [0.717, 1.165) is 23.9 Å². The SMILES string of the molecule is Cc1ccc(COC2CCCCO2)c(Br)c1. The van der Waals surface area contributed by atoms with E-state index in [0.29, 0.717) is 6.61 Å². The zero-order chi connectivity index (χ0) is 11.4. The summed E-state index contributed by atoms with van der Waals surface area (Å²) in [6, 6.07) is 6.31. The molecule has 2 rings (SSSR count). The maximum Gasteiger partial charge on any atom is 0.158 e. The molecule has 0 radical (unpaired) electrons. The van der Waals surface area contributed by atoms with Crippen LogP contribution in [0.4, 0.5) is 0 Å². The fraction of sp³-hybridized carbons (Fsp3) is 0.538. The Bertz CT molecular complexity index is 346. The van der Waals surface area contributed by atoms with Gasteiger partial charge in [0.2, 0.25) is 0 Å². The summed E-state index contributed by atoms with van der Waals surface area (Å²) < 4.78 is 12.4. The van der Waals surface area contributed by atoms with E-state index < -0.39 is 0 Å². The summed E-state index contributed by atoms with van der Waals surface area (Å²) in [4.78, 5) is 0. The van der Waals surface area contributed by atoms with E-state index in [4.69, 9.17) is 9.47 Å². The van der Waals surface area contributed by atoms with Gasteiger partial charge in [-0.15, -0.1) is 0 Å². The monoisotopic (exact) mass is 284 g/mol. The van der Waals surface area contributed by atoms with Crippen LogP contribution in [0.25, 0.3) is 0 Å². The number of benzene rings is 1. The number of ether oxygens (including phenoxy) is 2. The number of hydrogen-bond acceptors (Lipinski definition) is 2. The summed E-state index contributed by atoms with van der Waals surface area (Å²) in [5.41, 5.74) is 2.43. The van der Waals surface area contributed by atoms with Crippen molar-refractivity contribution < 1.29 is 9.47 Å². The van der Waals surface area contributed by atoms with Gasteiger partial charge in [-0.1, -0.05) is 28.1 Å². The van der Waals surface area contributed by atoms with Gasteiger partial charge < -0.3 is 9.47 Å². The quantitative estimate of drug-likeness (QED) is 0.841. The van der Waals surface area contributed by atoms with Crippen LogP contribution < -0.4 is 0 Å². The van der Waals surface area contributed by atoms with E-state index in [-0.39, 0.29) is 6.29 Å². The third-order valence-corrected chi connectivity index (χ3v) is 3.51. The first-order valence-electron chi connectivity index (χ1n) is 5.74. The van der Waals surface area contributed by atoms with Crippen LogP contribution >= 0.6 is 15.9 Å². The number of aryl methyl sites for hydroxylation is 1. The van der Waals surface area contributed by atoms with Gasteiger partial charge in [0, 0.05) is 11.1 Å². The van der Waals surface area contributed by atoms with Gasteiger partial charge in [-0.2, -0.15) is 0 Å². The minimum absolute atomic E-state index is 0.0121. The summed E-state index contributed by atoms with van der Waals surface area (Å²) in [6.45, 7) is 3.53. The Labute approximate surface area is 105 Å². The molecule has 1 heterocycles. The zero-order valence-electron chi connectivity index (χ0n) is 9.54. The van der Waals surface area contributed by atoms with Crippen LogP contribution in [0.2, 0.25) is 0 Å². The van der Waals surface area contributed by atoms with E-state index in [1.165, 1.54) is 17.5 Å². The molecule has 1 aliphatic rings. The lowest BCUT2D eigenvalue weighted by Crippen LogP contribution is -2.22. The normalized spacial score (nSPS) is 21.0. The van der Waals surface area contributed by atoms with Gasteiger partial charge >= 0.3 is 0 Å². The lowest BCUT2D eigenvalue weighted by atomic mass is 10.1. The van der Waals surface area contributed by atoms with Crippen molar-refractivity contribution in [3.8, 4) is 0 Å². The first-order chi connectivity index (χ1) is 7.75. The Morgan fingerprint density at radius 3 is 3.00 bits per heavy atom. The van der Waals surface area contributed by atoms with E-state index >= 15 is 0 Å². The highest BCUT2D eigenvalue weighted by Crippen LogP contribution is 2.21. The molecule has 1 atom stereocenters. The minimum atomic E-state index is -0.0121. The van der Waals surface area contributed by atoms with Gasteiger partial charge in [0.05, 0.1) is 6.61 Å². The summed E-state index contributed by atoms with van der Waals surface area (Å²) in [5.74, 6) is 0. The Kier molecular flexibility index (Phi) is 4.38. The molecule has 1 aliphatic heterocycles. The molecule has 0 saturated carbocycles. The van der Waals surface area contributed by atoms with Crippen molar-refractivity contribution in [2.75, 3.05) is 6.61 Å². The summed E-state index contributed by atoms with van der Waals surface area (Å²) >= 11 is 3.55. The molecule has 1 fully saturated rings. The molecule has 0 aromatic heterocycles. The van der Waals surface area contributed by atoms with Gasteiger partial charge in [0.15, 0.2) is 6.29 Å². The van der Waals surface area contributed by atoms with E-state index in [9.17, 15) is 0 Å². The van der Waals surface area contributed by atoms with E-state index in [1.807, 2.05) is 0 Å². The number of hydrogen-bond donors (Lipinski definition) is 0. The third kappa shape index (κ3) is 3.30. The lowest BCUT2D eigenvalue weighted by Gasteiger charge is -2.22. The van der Waals surface area contributed by atoms with Gasteiger partial charge in [-0.05, 0) is 43.4 Å². The molecular weight excluding hydrogens is 268 g/mol. The number of halogens is 1. The summed E-state index contributed by atoms with van der Waals surface area (Å²) in [5, 5.41) is 0. The molecule has 0 aliphatic carbocycles. The van der Waals surface area contributed by atoms with Gasteiger partial charge in [-0.3, -0.25) is 0 Å². The van der Waals surface area contributed by atoms with Crippen LogP contribution in [0, 0.1) is 6.92 Å². The average molecular weight is 285 g/mol. The predicted molar refractivity (Wildman–Crippen MR) is 67.3 cm³/mol. The van der Waals surface area contributed by atoms with Crippen molar-refractivity contribution >= 4 is 15.9 Å². The zero-order valence-corrected chi connectivity index (χ0v) is 11.1. The molecule has 0 bridgehead atoms. The fourth-order valence-electron chi connectivity index (χ4n) is 1.79. The standard InChI is InChI=1S/C13H17BrO2/c1-10-5-6-11(12(14)8-10)9-16-13-4-2-3-7-15-13/h5-6,8,13H,2-4,7,9H2,1H3. The molecule has 88 valence electrons. The average Bonchev–Trinajstić information content (AvgIpc) is 2.29. The van der Waals surface area contributed by atoms with E-state index in [2.05, 4.69) is 41.1 Å². The molecule has 16 heavy (non-hydrogen) atoms. The van der Waals surface area contributed by atoms with Crippen molar-refractivity contribution in [2.45, 2.75) is 39.1 Å². The second-order valence-corrected chi connectivity index (χ2v) is 5.06. The minimum Gasteiger partial charge on any atom is -0.353 e. The Morgan fingerprint density at radius 1 is 1.44 bits per heavy atom. The summed E-state index contributed by atoms with van der Waals surface area (Å²) in [6.07, 6.45) is 3.37. The molecule has 1 saturated heterocycles. The number of rotatable bonds is 3. The molecule has 1 unspecified atom stereocenters. The van der Waals surface area contributed by atoms with Crippen LogP contribution in [-0.2, 0) is 16.1 Å². The fourth-order valence-corrected chi connectivity index (χ4v) is 2.40. The molecule has 1 aromatic rings. The smallest absolute Gasteiger partial charge is 0.158 e. The Balaban J connectivity index is 1.88. The van der Waals surface area contributed by atoms with Crippen LogP contribution in [-0.4, -0.2) is 12.9 Å². The first-order valence-corrected chi connectivity index (χ1v) is 6.53. The van der Waals surface area contributed by atoms with Gasteiger partial charge in [0.25, 0.3) is 0 Å².